The van der Waals surface area contributed by atoms with Crippen molar-refractivity contribution in [2.45, 2.75) is 33.0 Å². The van der Waals surface area contributed by atoms with Crippen molar-refractivity contribution in [3.8, 4) is 17.5 Å². The second kappa shape index (κ2) is 7.40. The fourth-order valence-corrected chi connectivity index (χ4v) is 3.32. The van der Waals surface area contributed by atoms with E-state index in [0.29, 0.717) is 30.0 Å². The lowest BCUT2D eigenvalue weighted by Crippen LogP contribution is -2.27. The van der Waals surface area contributed by atoms with Crippen molar-refractivity contribution in [3.05, 3.63) is 76.9 Å². The third-order valence-electron chi connectivity index (χ3n) is 4.66. The minimum absolute atomic E-state index is 0.0937. The van der Waals surface area contributed by atoms with Crippen LogP contribution in [0, 0.1) is 17.1 Å². The molecule has 1 aliphatic rings. The van der Waals surface area contributed by atoms with Gasteiger partial charge in [-0.3, -0.25) is 4.79 Å². The Kier molecular flexibility index (Phi) is 4.77. The van der Waals surface area contributed by atoms with Gasteiger partial charge in [-0.1, -0.05) is 0 Å². The number of hydrogen-bond donors (Lipinski definition) is 0. The summed E-state index contributed by atoms with van der Waals surface area (Å²) < 4.78 is 20.6. The zero-order valence-electron chi connectivity index (χ0n) is 16.1. The Balaban J connectivity index is 1.57. The number of ether oxygens (including phenoxy) is 1. The Hall–Kier alpha value is -3.66. The molecule has 0 saturated heterocycles. The molecule has 0 atom stereocenters. The molecule has 7 heteroatoms. The Labute approximate surface area is 167 Å². The molecular weight excluding hydrogens is 371 g/mol. The number of rotatable bonds is 4. The van der Waals surface area contributed by atoms with Crippen molar-refractivity contribution >= 4 is 5.91 Å². The fourth-order valence-electron chi connectivity index (χ4n) is 3.32. The average molecular weight is 390 g/mol. The van der Waals surface area contributed by atoms with Crippen molar-refractivity contribution in [1.82, 2.24) is 14.7 Å². The normalized spacial score (nSPS) is 12.7. The molecule has 0 unspecified atom stereocenters. The van der Waals surface area contributed by atoms with Gasteiger partial charge in [0.2, 0.25) is 0 Å². The first kappa shape index (κ1) is 18.7. The van der Waals surface area contributed by atoms with E-state index in [1.165, 1.54) is 12.1 Å². The van der Waals surface area contributed by atoms with Gasteiger partial charge in [0.05, 0.1) is 41.2 Å². The number of carbonyl (C=O) groups excluding carboxylic acids is 1. The predicted molar refractivity (Wildman–Crippen MR) is 104 cm³/mol. The van der Waals surface area contributed by atoms with E-state index in [-0.39, 0.29) is 17.8 Å². The maximum atomic E-state index is 13.1. The first-order valence-electron chi connectivity index (χ1n) is 9.28. The van der Waals surface area contributed by atoms with E-state index in [2.05, 4.69) is 11.2 Å². The van der Waals surface area contributed by atoms with E-state index in [9.17, 15) is 14.4 Å². The quantitative estimate of drug-likeness (QED) is 0.679. The van der Waals surface area contributed by atoms with Crippen LogP contribution in [-0.2, 0) is 13.1 Å². The van der Waals surface area contributed by atoms with Crippen LogP contribution in [-0.4, -0.2) is 26.7 Å². The molecule has 29 heavy (non-hydrogen) atoms. The summed E-state index contributed by atoms with van der Waals surface area (Å²) in [6.45, 7) is 4.54. The molecule has 3 aromatic rings. The molecule has 1 aliphatic heterocycles. The summed E-state index contributed by atoms with van der Waals surface area (Å²) in [4.78, 5) is 14.8. The summed E-state index contributed by atoms with van der Waals surface area (Å²) in [5, 5.41) is 13.7. The Morgan fingerprint density at radius 3 is 2.62 bits per heavy atom. The molecule has 6 nitrogen and oxygen atoms in total. The summed E-state index contributed by atoms with van der Waals surface area (Å²) in [5.74, 6) is -0.0433. The van der Waals surface area contributed by atoms with E-state index in [1.54, 1.807) is 39.9 Å². The standard InChI is InChI=1S/C22H19FN4O2/c1-14(2)29-21-8-3-15(10-24)9-19(21)22(28)26-11-16-12-27(25-20(16)13-26)18-6-4-17(23)5-7-18/h3-9,12,14H,11,13H2,1-2H3. The van der Waals surface area contributed by atoms with Crippen LogP contribution in [0.4, 0.5) is 4.39 Å². The maximum absolute atomic E-state index is 13.1. The van der Waals surface area contributed by atoms with Gasteiger partial charge in [-0.15, -0.1) is 0 Å². The lowest BCUT2D eigenvalue weighted by molar-refractivity contribution is 0.0743. The Bertz CT molecular complexity index is 1090. The molecule has 1 aromatic heterocycles. The van der Waals surface area contributed by atoms with Gasteiger partial charge in [0, 0.05) is 18.3 Å². The highest BCUT2D eigenvalue weighted by Crippen LogP contribution is 2.28. The molecule has 4 rings (SSSR count). The van der Waals surface area contributed by atoms with Crippen LogP contribution in [0.1, 0.15) is 41.0 Å². The van der Waals surface area contributed by atoms with Gasteiger partial charge in [0.25, 0.3) is 5.91 Å². The number of benzene rings is 2. The molecule has 0 saturated carbocycles. The Morgan fingerprint density at radius 1 is 1.21 bits per heavy atom. The van der Waals surface area contributed by atoms with Crippen LogP contribution in [0.5, 0.6) is 5.75 Å². The van der Waals surface area contributed by atoms with E-state index in [0.717, 1.165) is 16.9 Å². The molecule has 0 spiro atoms. The molecule has 1 amide bonds. The lowest BCUT2D eigenvalue weighted by atomic mass is 10.1. The molecule has 0 bridgehead atoms. The molecule has 2 aromatic carbocycles. The molecule has 0 aliphatic carbocycles. The van der Waals surface area contributed by atoms with E-state index < -0.39 is 0 Å². The van der Waals surface area contributed by atoms with E-state index in [4.69, 9.17) is 4.74 Å². The van der Waals surface area contributed by atoms with Crippen LogP contribution in [0.25, 0.3) is 5.69 Å². The number of aromatic nitrogens is 2. The fraction of sp³-hybridized carbons (Fsp3) is 0.227. The van der Waals surface area contributed by atoms with Crippen LogP contribution in [0.3, 0.4) is 0 Å². The number of nitriles is 1. The topological polar surface area (TPSA) is 71.2 Å². The molecule has 0 fully saturated rings. The minimum Gasteiger partial charge on any atom is -0.490 e. The van der Waals surface area contributed by atoms with Gasteiger partial charge >= 0.3 is 0 Å². The summed E-state index contributed by atoms with van der Waals surface area (Å²) >= 11 is 0. The van der Waals surface area contributed by atoms with Crippen LogP contribution < -0.4 is 4.74 Å². The highest BCUT2D eigenvalue weighted by Gasteiger charge is 2.29. The highest BCUT2D eigenvalue weighted by molar-refractivity contribution is 5.97. The first-order chi connectivity index (χ1) is 13.9. The van der Waals surface area contributed by atoms with E-state index in [1.807, 2.05) is 20.0 Å². The number of fused-ring (bicyclic) bond motifs is 1. The average Bonchev–Trinajstić information content (AvgIpc) is 3.27. The van der Waals surface area contributed by atoms with E-state index >= 15 is 0 Å². The molecular formula is C22H19FN4O2. The minimum atomic E-state index is -0.302. The largest absolute Gasteiger partial charge is 0.490 e. The zero-order valence-corrected chi connectivity index (χ0v) is 16.1. The Morgan fingerprint density at radius 2 is 1.97 bits per heavy atom. The number of nitrogens with zero attached hydrogens (tertiary/aromatic N) is 4. The van der Waals surface area contributed by atoms with Gasteiger partial charge in [-0.25, -0.2) is 9.07 Å². The molecule has 0 radical (unpaired) electrons. The zero-order chi connectivity index (χ0) is 20.5. The second-order valence-corrected chi connectivity index (χ2v) is 7.17. The predicted octanol–water partition coefficient (Wildman–Crippen LogP) is 3.83. The third kappa shape index (κ3) is 3.69. The van der Waals surface area contributed by atoms with Gasteiger partial charge < -0.3 is 9.64 Å². The summed E-state index contributed by atoms with van der Waals surface area (Å²) in [6.07, 6.45) is 1.76. The number of carbonyl (C=O) groups is 1. The van der Waals surface area contributed by atoms with Crippen LogP contribution in [0.15, 0.2) is 48.7 Å². The molecule has 0 N–H and O–H groups in total. The molecule has 2 heterocycles. The van der Waals surface area contributed by atoms with Crippen molar-refractivity contribution in [2.75, 3.05) is 0 Å². The van der Waals surface area contributed by atoms with Gasteiger partial charge in [-0.05, 0) is 56.3 Å². The molecule has 146 valence electrons. The van der Waals surface area contributed by atoms with Crippen molar-refractivity contribution in [1.29, 1.82) is 5.26 Å². The number of amides is 1. The SMILES string of the molecule is CC(C)Oc1ccc(C#N)cc1C(=O)N1Cc2cn(-c3ccc(F)cc3)nc2C1. The van der Waals surface area contributed by atoms with Crippen molar-refractivity contribution in [3.63, 3.8) is 0 Å². The van der Waals surface area contributed by atoms with Crippen molar-refractivity contribution < 1.29 is 13.9 Å². The lowest BCUT2D eigenvalue weighted by Gasteiger charge is -2.19. The van der Waals surface area contributed by atoms with Crippen LogP contribution >= 0.6 is 0 Å². The monoisotopic (exact) mass is 390 g/mol. The maximum Gasteiger partial charge on any atom is 0.258 e. The van der Waals surface area contributed by atoms with Gasteiger partial charge in [0.15, 0.2) is 0 Å². The highest BCUT2D eigenvalue weighted by atomic mass is 19.1. The first-order valence-corrected chi connectivity index (χ1v) is 9.28. The third-order valence-corrected chi connectivity index (χ3v) is 4.66. The van der Waals surface area contributed by atoms with Crippen molar-refractivity contribution in [2.24, 2.45) is 0 Å². The number of hydrogen-bond acceptors (Lipinski definition) is 4. The smallest absolute Gasteiger partial charge is 0.258 e. The summed E-state index contributed by atoms with van der Waals surface area (Å²) in [5.41, 5.74) is 3.26. The second-order valence-electron chi connectivity index (χ2n) is 7.17. The summed E-state index contributed by atoms with van der Waals surface area (Å²) in [7, 11) is 0. The van der Waals surface area contributed by atoms with Gasteiger partial charge in [0.1, 0.15) is 11.6 Å². The van der Waals surface area contributed by atoms with Crippen LogP contribution in [0.2, 0.25) is 0 Å². The summed E-state index contributed by atoms with van der Waals surface area (Å²) in [6, 6.07) is 13.0. The number of halogens is 1. The van der Waals surface area contributed by atoms with Gasteiger partial charge in [-0.2, -0.15) is 10.4 Å².